The van der Waals surface area contributed by atoms with Crippen LogP contribution in [0.4, 0.5) is 0 Å². The van der Waals surface area contributed by atoms with E-state index in [1.54, 1.807) is 11.3 Å². The summed E-state index contributed by atoms with van der Waals surface area (Å²) in [6, 6.07) is 0.539. The smallest absolute Gasteiger partial charge is 0.0940 e. The van der Waals surface area contributed by atoms with Crippen LogP contribution < -0.4 is 5.32 Å². The molecule has 1 atom stereocenters. The summed E-state index contributed by atoms with van der Waals surface area (Å²) in [5, 5.41) is 6.77. The van der Waals surface area contributed by atoms with Gasteiger partial charge >= 0.3 is 0 Å². The molecule has 0 spiro atoms. The second kappa shape index (κ2) is 8.67. The van der Waals surface area contributed by atoms with Gasteiger partial charge in [-0.25, -0.2) is 4.98 Å². The van der Waals surface area contributed by atoms with Crippen LogP contribution in [0.3, 0.4) is 0 Å². The van der Waals surface area contributed by atoms with Crippen LogP contribution in [0.15, 0.2) is 11.6 Å². The highest BCUT2D eigenvalue weighted by Gasteiger charge is 2.09. The zero-order valence-electron chi connectivity index (χ0n) is 10.2. The van der Waals surface area contributed by atoms with E-state index in [9.17, 15) is 0 Å². The molecule has 1 unspecified atom stereocenters. The molecule has 1 aromatic rings. The summed E-state index contributed by atoms with van der Waals surface area (Å²) >= 11 is 1.74. The summed E-state index contributed by atoms with van der Waals surface area (Å²) in [5.74, 6) is 0. The minimum atomic E-state index is 0.539. The van der Waals surface area contributed by atoms with Gasteiger partial charge in [0.25, 0.3) is 0 Å². The van der Waals surface area contributed by atoms with Gasteiger partial charge in [0.2, 0.25) is 0 Å². The fourth-order valence-corrected chi connectivity index (χ4v) is 2.40. The molecule has 0 aliphatic heterocycles. The van der Waals surface area contributed by atoms with Crippen LogP contribution in [0.5, 0.6) is 0 Å². The minimum Gasteiger partial charge on any atom is -0.382 e. The largest absolute Gasteiger partial charge is 0.382 e. The van der Waals surface area contributed by atoms with Gasteiger partial charge in [0.1, 0.15) is 0 Å². The maximum absolute atomic E-state index is 5.36. The molecule has 1 heterocycles. The first kappa shape index (κ1) is 13.6. The molecule has 0 saturated carbocycles. The highest BCUT2D eigenvalue weighted by molar-refractivity contribution is 7.09. The minimum absolute atomic E-state index is 0.539. The lowest BCUT2D eigenvalue weighted by atomic mass is 10.1. The Kier molecular flexibility index (Phi) is 7.38. The molecule has 0 bridgehead atoms. The van der Waals surface area contributed by atoms with Crippen molar-refractivity contribution in [2.45, 2.75) is 39.2 Å². The molecular formula is C12H22N2OS. The lowest BCUT2D eigenvalue weighted by Gasteiger charge is -2.16. The van der Waals surface area contributed by atoms with E-state index in [4.69, 9.17) is 4.74 Å². The third kappa shape index (κ3) is 5.58. The fourth-order valence-electron chi connectivity index (χ4n) is 1.71. The van der Waals surface area contributed by atoms with Crippen LogP contribution in [-0.2, 0) is 11.2 Å². The van der Waals surface area contributed by atoms with E-state index in [1.165, 1.54) is 5.01 Å². The third-order valence-corrected chi connectivity index (χ3v) is 3.24. The zero-order chi connectivity index (χ0) is 11.6. The number of hydrogen-bond acceptors (Lipinski definition) is 4. The molecular weight excluding hydrogens is 220 g/mol. The number of ether oxygens (including phenoxy) is 1. The molecule has 0 aliphatic rings. The molecule has 0 saturated heterocycles. The van der Waals surface area contributed by atoms with Crippen molar-refractivity contribution in [3.05, 3.63) is 16.6 Å². The number of hydrogen-bond donors (Lipinski definition) is 1. The predicted octanol–water partition coefficient (Wildman–Crippen LogP) is 2.48. The van der Waals surface area contributed by atoms with Crippen LogP contribution in [0.1, 0.15) is 31.7 Å². The van der Waals surface area contributed by atoms with Crippen LogP contribution in [0.2, 0.25) is 0 Å². The van der Waals surface area contributed by atoms with E-state index in [-0.39, 0.29) is 0 Å². The van der Waals surface area contributed by atoms with Crippen LogP contribution in [-0.4, -0.2) is 30.8 Å². The van der Waals surface area contributed by atoms with Gasteiger partial charge in [0, 0.05) is 37.3 Å². The quantitative estimate of drug-likeness (QED) is 0.676. The molecule has 0 aromatic carbocycles. The molecule has 16 heavy (non-hydrogen) atoms. The number of nitrogens with zero attached hydrogens (tertiary/aromatic N) is 1. The van der Waals surface area contributed by atoms with Gasteiger partial charge in [0.15, 0.2) is 0 Å². The summed E-state index contributed by atoms with van der Waals surface area (Å²) in [5.41, 5.74) is 0. The van der Waals surface area contributed by atoms with Crippen LogP contribution >= 0.6 is 11.3 Å². The van der Waals surface area contributed by atoms with Crippen molar-refractivity contribution in [1.29, 1.82) is 0 Å². The summed E-state index contributed by atoms with van der Waals surface area (Å²) in [4.78, 5) is 4.33. The molecule has 0 aliphatic carbocycles. The first-order chi connectivity index (χ1) is 7.86. The highest BCUT2D eigenvalue weighted by Crippen LogP contribution is 2.10. The van der Waals surface area contributed by atoms with Gasteiger partial charge in [-0.3, -0.25) is 0 Å². The number of nitrogens with one attached hydrogen (secondary N) is 1. The van der Waals surface area contributed by atoms with E-state index >= 15 is 0 Å². The van der Waals surface area contributed by atoms with Gasteiger partial charge in [0.05, 0.1) is 5.01 Å². The molecule has 1 aromatic heterocycles. The molecule has 0 fully saturated rings. The number of aromatic nitrogens is 1. The maximum Gasteiger partial charge on any atom is 0.0940 e. The zero-order valence-corrected chi connectivity index (χ0v) is 11.1. The summed E-state index contributed by atoms with van der Waals surface area (Å²) in [7, 11) is 0. The van der Waals surface area contributed by atoms with E-state index < -0.39 is 0 Å². The summed E-state index contributed by atoms with van der Waals surface area (Å²) < 4.78 is 5.36. The number of likely N-dealkylation sites (N-methyl/N-ethyl adjacent to an activating group) is 1. The Morgan fingerprint density at radius 2 is 2.38 bits per heavy atom. The van der Waals surface area contributed by atoms with Gasteiger partial charge < -0.3 is 10.1 Å². The first-order valence-corrected chi connectivity index (χ1v) is 6.94. The standard InChI is InChI=1S/C12H22N2OS/c1-3-13-11(6-5-8-15-4-2)10-12-14-7-9-16-12/h7,9,11,13H,3-6,8,10H2,1-2H3. The first-order valence-electron chi connectivity index (χ1n) is 6.06. The monoisotopic (exact) mass is 242 g/mol. The van der Waals surface area contributed by atoms with Crippen LogP contribution in [0.25, 0.3) is 0 Å². The van der Waals surface area contributed by atoms with Crippen molar-refractivity contribution < 1.29 is 4.74 Å². The lowest BCUT2D eigenvalue weighted by Crippen LogP contribution is -2.31. The number of thiazole rings is 1. The van der Waals surface area contributed by atoms with Crippen LogP contribution in [0, 0.1) is 0 Å². The van der Waals surface area contributed by atoms with E-state index in [2.05, 4.69) is 17.2 Å². The Hall–Kier alpha value is -0.450. The highest BCUT2D eigenvalue weighted by atomic mass is 32.1. The molecule has 1 N–H and O–H groups in total. The van der Waals surface area contributed by atoms with Gasteiger partial charge in [-0.1, -0.05) is 6.92 Å². The Bertz CT molecular complexity index is 252. The van der Waals surface area contributed by atoms with Gasteiger partial charge in [-0.15, -0.1) is 11.3 Å². The Balaban J connectivity index is 2.24. The fraction of sp³-hybridized carbons (Fsp3) is 0.750. The van der Waals surface area contributed by atoms with Crippen molar-refractivity contribution >= 4 is 11.3 Å². The topological polar surface area (TPSA) is 34.1 Å². The Morgan fingerprint density at radius 3 is 3.00 bits per heavy atom. The molecule has 4 heteroatoms. The summed E-state index contributed by atoms with van der Waals surface area (Å²) in [6.45, 7) is 6.90. The predicted molar refractivity (Wildman–Crippen MR) is 69.0 cm³/mol. The van der Waals surface area contributed by atoms with Crippen molar-refractivity contribution in [1.82, 2.24) is 10.3 Å². The normalized spacial score (nSPS) is 12.9. The number of rotatable bonds is 9. The third-order valence-electron chi connectivity index (χ3n) is 2.44. The molecule has 0 amide bonds. The lowest BCUT2D eigenvalue weighted by molar-refractivity contribution is 0.141. The molecule has 1 rings (SSSR count). The summed E-state index contributed by atoms with van der Waals surface area (Å²) in [6.07, 6.45) is 5.20. The average Bonchev–Trinajstić information content (AvgIpc) is 2.77. The van der Waals surface area contributed by atoms with E-state index in [1.807, 2.05) is 18.5 Å². The van der Waals surface area contributed by atoms with Crippen molar-refractivity contribution in [2.24, 2.45) is 0 Å². The van der Waals surface area contributed by atoms with Crippen molar-refractivity contribution in [3.63, 3.8) is 0 Å². The second-order valence-corrected chi connectivity index (χ2v) is 4.70. The van der Waals surface area contributed by atoms with Crippen molar-refractivity contribution in [3.8, 4) is 0 Å². The SMILES string of the molecule is CCNC(CCCOCC)Cc1nccs1. The van der Waals surface area contributed by atoms with E-state index in [0.29, 0.717) is 6.04 Å². The maximum atomic E-state index is 5.36. The molecule has 3 nitrogen and oxygen atoms in total. The Morgan fingerprint density at radius 1 is 1.50 bits per heavy atom. The van der Waals surface area contributed by atoms with Gasteiger partial charge in [-0.2, -0.15) is 0 Å². The van der Waals surface area contributed by atoms with E-state index in [0.717, 1.165) is 39.0 Å². The molecule has 0 radical (unpaired) electrons. The van der Waals surface area contributed by atoms with Crippen molar-refractivity contribution in [2.75, 3.05) is 19.8 Å². The second-order valence-electron chi connectivity index (χ2n) is 3.72. The molecule has 92 valence electrons. The average molecular weight is 242 g/mol. The van der Waals surface area contributed by atoms with Gasteiger partial charge in [-0.05, 0) is 26.3 Å². The Labute approximate surface area is 102 Å².